The topological polar surface area (TPSA) is 86.2 Å². The molecule has 4 nitrogen and oxygen atoms in total. The summed E-state index contributed by atoms with van der Waals surface area (Å²) in [5.74, 6) is 0. The van der Waals surface area contributed by atoms with E-state index in [1.807, 2.05) is 0 Å². The first-order chi connectivity index (χ1) is 2.00. The fraction of sp³-hybridized carbons (Fsp3) is 0. The molecule has 0 saturated heterocycles. The first-order valence-electron chi connectivity index (χ1n) is 0.730. The number of phosphoric acid groups is 1. The molecule has 0 aliphatic heterocycles. The number of rotatable bonds is 0. The Morgan fingerprint density at radius 3 is 1.14 bits per heavy atom. The Hall–Kier alpha value is 1.20. The Balaban J connectivity index is -0.0000000800. The minimum absolute atomic E-state index is 0. The van der Waals surface area contributed by atoms with Crippen molar-refractivity contribution in [1.82, 2.24) is 0 Å². The van der Waals surface area contributed by atoms with Crippen molar-refractivity contribution >= 4 is 44.6 Å². The van der Waals surface area contributed by atoms with Gasteiger partial charge in [0.25, 0.3) is 0 Å². The second kappa shape index (κ2) is 5.34. The van der Waals surface area contributed by atoms with Gasteiger partial charge >= 0.3 is 36.8 Å². The molecule has 0 rings (SSSR count). The minimum Gasteiger partial charge on any atom is -0.822 e. The molecule has 0 saturated carbocycles. The summed E-state index contributed by atoms with van der Waals surface area (Å²) in [5.41, 5.74) is 0. The molecule has 0 radical (unpaired) electrons. The first kappa shape index (κ1) is 15.7. The van der Waals surface area contributed by atoms with E-state index in [1.54, 1.807) is 0 Å². The van der Waals surface area contributed by atoms with Gasteiger partial charge in [-0.05, 0) is 0 Å². The molecule has 0 aromatic rings. The van der Waals surface area contributed by atoms with Crippen LogP contribution in [-0.4, -0.2) is 36.8 Å². The Bertz CT molecular complexity index is 57.8. The second-order valence-electron chi connectivity index (χ2n) is 0.447. The van der Waals surface area contributed by atoms with Crippen molar-refractivity contribution in [2.45, 2.75) is 0 Å². The van der Waals surface area contributed by atoms with Crippen LogP contribution in [-0.2, 0) is 4.57 Å². The molecule has 0 aliphatic rings. The molecule has 0 bridgehead atoms. The third-order valence-corrected chi connectivity index (χ3v) is 0. The van der Waals surface area contributed by atoms with Crippen LogP contribution in [0.5, 0.6) is 0 Å². The van der Waals surface area contributed by atoms with E-state index in [4.69, 9.17) is 19.2 Å². The van der Waals surface area contributed by atoms with E-state index in [1.165, 1.54) is 0 Å². The van der Waals surface area contributed by atoms with Gasteiger partial charge in [-0.3, -0.25) is 0 Å². The minimum atomic E-state index is -5.39. The van der Waals surface area contributed by atoms with Crippen LogP contribution in [0.2, 0.25) is 0 Å². The van der Waals surface area contributed by atoms with Gasteiger partial charge in [0.15, 0.2) is 0 Å². The number of hydrogen-bond acceptors (Lipinski definition) is 4. The Morgan fingerprint density at radius 1 is 1.14 bits per heavy atom. The fourth-order valence-electron chi connectivity index (χ4n) is 0. The van der Waals surface area contributed by atoms with Gasteiger partial charge in [0.2, 0.25) is 0 Å². The van der Waals surface area contributed by atoms with Crippen molar-refractivity contribution in [3.05, 3.63) is 0 Å². The van der Waals surface area contributed by atoms with Crippen LogP contribution in [0, 0.1) is 0 Å². The van der Waals surface area contributed by atoms with Gasteiger partial charge in [0.1, 0.15) is 0 Å². The molecule has 0 heterocycles. The predicted molar refractivity (Wildman–Crippen MR) is 19.1 cm³/mol. The molecular weight excluding hydrogens is 238 g/mol. The summed E-state index contributed by atoms with van der Waals surface area (Å²) in [4.78, 5) is 25.6. The summed E-state index contributed by atoms with van der Waals surface area (Å²) in [6, 6.07) is 0. The molecule has 7 heteroatoms. The Kier molecular flexibility index (Phi) is 12.0. The Labute approximate surface area is 64.0 Å². The SMILES string of the molecule is O=P([O-])([O-])[O-].[In+3].[Si+4]. The van der Waals surface area contributed by atoms with Gasteiger partial charge < -0.3 is 19.2 Å². The standard InChI is InChI=1S/In.H3O4P.Si/c;1-5(2,3)4;/h;(H3,1,2,3,4);/q+3;;+4/p-3. The normalized spacial score (nSPS) is 8.43. The van der Waals surface area contributed by atoms with E-state index >= 15 is 0 Å². The largest absolute Gasteiger partial charge is 4.00 e. The molecule has 0 spiro atoms. The van der Waals surface area contributed by atoms with Crippen molar-refractivity contribution in [3.63, 3.8) is 0 Å². The zero-order valence-corrected chi connectivity index (χ0v) is 8.35. The third kappa shape index (κ3) is 136. The van der Waals surface area contributed by atoms with Crippen LogP contribution in [0.4, 0.5) is 0 Å². The Morgan fingerprint density at radius 2 is 1.14 bits per heavy atom. The number of hydrogen-bond donors (Lipinski definition) is 0. The van der Waals surface area contributed by atoms with Crippen LogP contribution in [0.25, 0.3) is 0 Å². The van der Waals surface area contributed by atoms with Gasteiger partial charge in [0.05, 0.1) is 0 Å². The molecule has 7 heavy (non-hydrogen) atoms. The maximum absolute atomic E-state index is 8.55. The van der Waals surface area contributed by atoms with E-state index in [2.05, 4.69) is 0 Å². The van der Waals surface area contributed by atoms with Crippen LogP contribution in [0.1, 0.15) is 0 Å². The molecule has 0 unspecified atom stereocenters. The van der Waals surface area contributed by atoms with Crippen molar-refractivity contribution < 1.29 is 19.2 Å². The average Bonchev–Trinajstić information content (AvgIpc) is 0.722. The van der Waals surface area contributed by atoms with Crippen molar-refractivity contribution in [2.24, 2.45) is 0 Å². The predicted octanol–water partition coefficient (Wildman–Crippen LogP) is -3.59. The second-order valence-corrected chi connectivity index (χ2v) is 1.34. The van der Waals surface area contributed by atoms with E-state index in [0.717, 1.165) is 0 Å². The van der Waals surface area contributed by atoms with Gasteiger partial charge in [0, 0.05) is 0 Å². The summed E-state index contributed by atoms with van der Waals surface area (Å²) in [6.07, 6.45) is 0. The van der Waals surface area contributed by atoms with E-state index < -0.39 is 7.82 Å². The summed E-state index contributed by atoms with van der Waals surface area (Å²) in [5, 5.41) is 0. The summed E-state index contributed by atoms with van der Waals surface area (Å²) in [6.45, 7) is 0. The zero-order chi connectivity index (χ0) is 4.50. The maximum Gasteiger partial charge on any atom is 4.00 e. The van der Waals surface area contributed by atoms with Crippen LogP contribution in [0.15, 0.2) is 0 Å². The molecule has 0 aliphatic carbocycles. The third-order valence-electron chi connectivity index (χ3n) is 0. The summed E-state index contributed by atoms with van der Waals surface area (Å²) < 4.78 is 8.55. The van der Waals surface area contributed by atoms with Gasteiger partial charge in [-0.25, -0.2) is 0 Å². The molecular formula is InO4PSi+4. The average molecular weight is 238 g/mol. The molecule has 0 atom stereocenters. The molecule has 32 valence electrons. The van der Waals surface area contributed by atoms with E-state index in [9.17, 15) is 0 Å². The van der Waals surface area contributed by atoms with Crippen molar-refractivity contribution in [2.75, 3.05) is 0 Å². The van der Waals surface area contributed by atoms with Crippen LogP contribution >= 0.6 is 7.82 Å². The summed E-state index contributed by atoms with van der Waals surface area (Å²) >= 11 is 0. The van der Waals surface area contributed by atoms with E-state index in [-0.39, 0.29) is 36.8 Å². The smallest absolute Gasteiger partial charge is 0.822 e. The quantitative estimate of drug-likeness (QED) is 0.322. The van der Waals surface area contributed by atoms with Gasteiger partial charge in [-0.1, -0.05) is 0 Å². The first-order valence-corrected chi connectivity index (χ1v) is 2.19. The zero-order valence-electron chi connectivity index (χ0n) is 3.16. The van der Waals surface area contributed by atoms with Crippen molar-refractivity contribution in [1.29, 1.82) is 0 Å². The maximum atomic E-state index is 8.55. The van der Waals surface area contributed by atoms with Gasteiger partial charge in [-0.15, -0.1) is 0 Å². The van der Waals surface area contributed by atoms with Crippen molar-refractivity contribution in [3.8, 4) is 0 Å². The molecule has 0 aromatic carbocycles. The molecule has 0 amide bonds. The molecule has 0 fully saturated rings. The fourth-order valence-corrected chi connectivity index (χ4v) is 0. The van der Waals surface area contributed by atoms with E-state index in [0.29, 0.717) is 0 Å². The van der Waals surface area contributed by atoms with Gasteiger partial charge in [-0.2, -0.15) is 7.82 Å². The molecule has 0 N–H and O–H groups in total. The molecule has 0 aromatic heterocycles. The monoisotopic (exact) mass is 238 g/mol. The summed E-state index contributed by atoms with van der Waals surface area (Å²) in [7, 11) is -5.39. The van der Waals surface area contributed by atoms with Crippen LogP contribution < -0.4 is 14.7 Å². The van der Waals surface area contributed by atoms with Crippen LogP contribution in [0.3, 0.4) is 0 Å².